The van der Waals surface area contributed by atoms with Gasteiger partial charge in [-0.05, 0) is 18.2 Å². The van der Waals surface area contributed by atoms with Gasteiger partial charge in [0.25, 0.3) is 0 Å². The molecule has 7 nitrogen and oxygen atoms in total. The predicted molar refractivity (Wildman–Crippen MR) is 66.4 cm³/mol. The number of amides is 1. The van der Waals surface area contributed by atoms with E-state index < -0.39 is 17.7 Å². The van der Waals surface area contributed by atoms with Gasteiger partial charge in [-0.25, -0.2) is 13.9 Å². The van der Waals surface area contributed by atoms with Crippen LogP contribution in [-0.4, -0.2) is 34.0 Å². The average molecular weight is 278 g/mol. The highest BCUT2D eigenvalue weighted by Gasteiger charge is 2.12. The minimum atomic E-state index is -0.637. The quantitative estimate of drug-likeness (QED) is 0.838. The van der Waals surface area contributed by atoms with Gasteiger partial charge in [-0.1, -0.05) is 11.3 Å². The van der Waals surface area contributed by atoms with Crippen molar-refractivity contribution in [3.8, 4) is 0 Å². The molecule has 1 amide bonds. The zero-order valence-electron chi connectivity index (χ0n) is 10.5. The minimum absolute atomic E-state index is 0.00561. The Kier molecular flexibility index (Phi) is 4.04. The van der Waals surface area contributed by atoms with Gasteiger partial charge < -0.3 is 10.1 Å². The number of benzene rings is 1. The van der Waals surface area contributed by atoms with E-state index in [1.165, 1.54) is 36.2 Å². The average Bonchev–Trinajstić information content (AvgIpc) is 2.86. The summed E-state index contributed by atoms with van der Waals surface area (Å²) < 4.78 is 18.6. The minimum Gasteiger partial charge on any atom is -0.464 e. The summed E-state index contributed by atoms with van der Waals surface area (Å²) in [5.74, 6) is -1.50. The van der Waals surface area contributed by atoms with E-state index in [9.17, 15) is 14.0 Å². The fourth-order valence-electron chi connectivity index (χ4n) is 1.49. The Bertz CT molecular complexity index is 641. The molecule has 0 spiro atoms. The molecule has 1 aromatic heterocycles. The Hall–Kier alpha value is -2.77. The van der Waals surface area contributed by atoms with E-state index >= 15 is 0 Å². The highest BCUT2D eigenvalue weighted by molar-refractivity contribution is 5.90. The monoisotopic (exact) mass is 278 g/mol. The first-order valence-electron chi connectivity index (χ1n) is 5.62. The lowest BCUT2D eigenvalue weighted by molar-refractivity contribution is -0.116. The van der Waals surface area contributed by atoms with E-state index in [-0.39, 0.29) is 12.2 Å². The maximum atomic E-state index is 12.9. The van der Waals surface area contributed by atoms with Gasteiger partial charge in [0.15, 0.2) is 5.69 Å². The Morgan fingerprint density at radius 3 is 2.95 bits per heavy atom. The van der Waals surface area contributed by atoms with Crippen LogP contribution in [0.15, 0.2) is 30.5 Å². The van der Waals surface area contributed by atoms with Crippen molar-refractivity contribution in [2.45, 2.75) is 6.54 Å². The molecule has 2 aromatic rings. The molecule has 104 valence electrons. The fourth-order valence-corrected chi connectivity index (χ4v) is 1.49. The molecule has 0 aliphatic carbocycles. The topological polar surface area (TPSA) is 86.1 Å². The van der Waals surface area contributed by atoms with Crippen LogP contribution in [0.5, 0.6) is 0 Å². The van der Waals surface area contributed by atoms with Crippen LogP contribution in [-0.2, 0) is 16.1 Å². The summed E-state index contributed by atoms with van der Waals surface area (Å²) in [6, 6.07) is 5.51. The molecule has 0 radical (unpaired) electrons. The number of carbonyl (C=O) groups excluding carboxylic acids is 2. The zero-order valence-corrected chi connectivity index (χ0v) is 10.5. The van der Waals surface area contributed by atoms with E-state index in [4.69, 9.17) is 0 Å². The Labute approximate surface area is 113 Å². The third-order valence-electron chi connectivity index (χ3n) is 2.35. The number of hydrogen-bond donors (Lipinski definition) is 1. The second kappa shape index (κ2) is 5.91. The van der Waals surface area contributed by atoms with Gasteiger partial charge in [-0.2, -0.15) is 0 Å². The van der Waals surface area contributed by atoms with Crippen LogP contribution < -0.4 is 5.32 Å². The molecular weight excluding hydrogens is 267 g/mol. The van der Waals surface area contributed by atoms with Crippen LogP contribution in [0.1, 0.15) is 10.5 Å². The molecule has 2 rings (SSSR count). The molecule has 0 fully saturated rings. The maximum Gasteiger partial charge on any atom is 0.360 e. The zero-order chi connectivity index (χ0) is 14.5. The summed E-state index contributed by atoms with van der Waals surface area (Å²) in [6.45, 7) is -0.152. The standard InChI is InChI=1S/C12H11FN4O3/c1-20-12(19)10-6-17(16-15-10)7-11(18)14-9-4-2-3-8(13)5-9/h2-6H,7H2,1H3,(H,14,18). The molecule has 1 N–H and O–H groups in total. The highest BCUT2D eigenvalue weighted by atomic mass is 19.1. The van der Waals surface area contributed by atoms with Crippen molar-refractivity contribution in [2.75, 3.05) is 12.4 Å². The lowest BCUT2D eigenvalue weighted by Crippen LogP contribution is -2.19. The first-order chi connectivity index (χ1) is 9.58. The van der Waals surface area contributed by atoms with E-state index in [1.807, 2.05) is 0 Å². The molecule has 0 atom stereocenters. The van der Waals surface area contributed by atoms with E-state index in [0.29, 0.717) is 5.69 Å². The first-order valence-corrected chi connectivity index (χ1v) is 5.62. The van der Waals surface area contributed by atoms with Gasteiger partial charge in [-0.15, -0.1) is 5.10 Å². The van der Waals surface area contributed by atoms with Crippen LogP contribution in [0, 0.1) is 5.82 Å². The van der Waals surface area contributed by atoms with Crippen molar-refractivity contribution in [1.29, 1.82) is 0 Å². The molecule has 0 bridgehead atoms. The van der Waals surface area contributed by atoms with Gasteiger partial charge in [0.2, 0.25) is 5.91 Å². The number of nitrogens with one attached hydrogen (secondary N) is 1. The van der Waals surface area contributed by atoms with Crippen molar-refractivity contribution in [3.63, 3.8) is 0 Å². The summed E-state index contributed by atoms with van der Waals surface area (Å²) in [6.07, 6.45) is 1.29. The number of hydrogen-bond acceptors (Lipinski definition) is 5. The molecule has 0 saturated heterocycles. The van der Waals surface area contributed by atoms with Crippen molar-refractivity contribution >= 4 is 17.6 Å². The number of aromatic nitrogens is 3. The number of halogens is 1. The highest BCUT2D eigenvalue weighted by Crippen LogP contribution is 2.09. The largest absolute Gasteiger partial charge is 0.464 e. The summed E-state index contributed by atoms with van der Waals surface area (Å²) in [7, 11) is 1.22. The van der Waals surface area contributed by atoms with E-state index in [0.717, 1.165) is 0 Å². The van der Waals surface area contributed by atoms with Crippen LogP contribution in [0.25, 0.3) is 0 Å². The summed E-state index contributed by atoms with van der Waals surface area (Å²) in [5, 5.41) is 9.67. The number of ether oxygens (including phenoxy) is 1. The Balaban J connectivity index is 1.98. The molecule has 0 aliphatic rings. The number of esters is 1. The van der Waals surface area contributed by atoms with Gasteiger partial charge >= 0.3 is 5.97 Å². The number of nitrogens with zero attached hydrogens (tertiary/aromatic N) is 3. The lowest BCUT2D eigenvalue weighted by atomic mass is 10.3. The van der Waals surface area contributed by atoms with Crippen molar-refractivity contribution in [3.05, 3.63) is 42.0 Å². The van der Waals surface area contributed by atoms with Crippen LogP contribution in [0.3, 0.4) is 0 Å². The Morgan fingerprint density at radius 2 is 2.25 bits per heavy atom. The van der Waals surface area contributed by atoms with Gasteiger partial charge in [-0.3, -0.25) is 4.79 Å². The van der Waals surface area contributed by atoms with E-state index in [2.05, 4.69) is 20.4 Å². The maximum absolute atomic E-state index is 12.9. The summed E-state index contributed by atoms with van der Waals surface area (Å²) in [5.41, 5.74) is 0.342. The molecule has 1 aromatic carbocycles. The van der Waals surface area contributed by atoms with Crippen molar-refractivity contribution < 1.29 is 18.7 Å². The van der Waals surface area contributed by atoms with Gasteiger partial charge in [0.05, 0.1) is 13.3 Å². The molecule has 1 heterocycles. The van der Waals surface area contributed by atoms with Gasteiger partial charge in [0, 0.05) is 5.69 Å². The van der Waals surface area contributed by atoms with Crippen LogP contribution in [0.4, 0.5) is 10.1 Å². The van der Waals surface area contributed by atoms with Crippen LogP contribution >= 0.6 is 0 Å². The third-order valence-corrected chi connectivity index (χ3v) is 2.35. The number of rotatable bonds is 4. The third kappa shape index (κ3) is 3.37. The van der Waals surface area contributed by atoms with Crippen molar-refractivity contribution in [1.82, 2.24) is 15.0 Å². The normalized spacial score (nSPS) is 10.1. The molecule has 0 saturated carbocycles. The van der Waals surface area contributed by atoms with Crippen LogP contribution in [0.2, 0.25) is 0 Å². The summed E-state index contributed by atoms with van der Waals surface area (Å²) >= 11 is 0. The van der Waals surface area contributed by atoms with Crippen molar-refractivity contribution in [2.24, 2.45) is 0 Å². The number of methoxy groups -OCH3 is 1. The molecule has 0 aliphatic heterocycles. The summed E-state index contributed by atoms with van der Waals surface area (Å²) in [4.78, 5) is 22.9. The first kappa shape index (κ1) is 13.7. The second-order valence-electron chi connectivity index (χ2n) is 3.85. The number of carbonyl (C=O) groups is 2. The molecule has 0 unspecified atom stereocenters. The fraction of sp³-hybridized carbons (Fsp3) is 0.167. The SMILES string of the molecule is COC(=O)c1cn(CC(=O)Nc2cccc(F)c2)nn1. The second-order valence-corrected chi connectivity index (χ2v) is 3.85. The van der Waals surface area contributed by atoms with E-state index in [1.54, 1.807) is 6.07 Å². The molecular formula is C12H11FN4O3. The predicted octanol–water partition coefficient (Wildman–Crippen LogP) is 0.843. The lowest BCUT2D eigenvalue weighted by Gasteiger charge is -2.04. The molecule has 20 heavy (non-hydrogen) atoms. The smallest absolute Gasteiger partial charge is 0.360 e. The number of anilines is 1. The molecule has 8 heteroatoms. The Morgan fingerprint density at radius 1 is 1.45 bits per heavy atom. The van der Waals surface area contributed by atoms with Gasteiger partial charge in [0.1, 0.15) is 12.4 Å².